The highest BCUT2D eigenvalue weighted by molar-refractivity contribution is 5.48. The van der Waals surface area contributed by atoms with Gasteiger partial charge in [0.25, 0.3) is 0 Å². The van der Waals surface area contributed by atoms with E-state index in [9.17, 15) is 0 Å². The number of methoxy groups -OCH3 is 1. The predicted octanol–water partition coefficient (Wildman–Crippen LogP) is 2.38. The molecule has 1 aromatic heterocycles. The molecule has 4 heteroatoms. The van der Waals surface area contributed by atoms with Gasteiger partial charge in [0.2, 0.25) is 0 Å². The van der Waals surface area contributed by atoms with E-state index in [-0.39, 0.29) is 0 Å². The zero-order chi connectivity index (χ0) is 13.0. The first kappa shape index (κ1) is 12.5. The topological polar surface area (TPSA) is 51.6 Å². The zero-order valence-corrected chi connectivity index (χ0v) is 10.7. The Kier molecular flexibility index (Phi) is 3.89. The second-order valence-electron chi connectivity index (χ2n) is 4.18. The number of hydrogen-bond acceptors (Lipinski definition) is 4. The third-order valence-electron chi connectivity index (χ3n) is 2.85. The predicted molar refractivity (Wildman–Crippen MR) is 71.7 cm³/mol. The first-order chi connectivity index (χ1) is 8.72. The van der Waals surface area contributed by atoms with Crippen LogP contribution < -0.4 is 15.4 Å². The highest BCUT2D eigenvalue weighted by Crippen LogP contribution is 2.20. The average Bonchev–Trinajstić information content (AvgIpc) is 2.86. The van der Waals surface area contributed by atoms with Gasteiger partial charge in [0.1, 0.15) is 11.5 Å². The van der Waals surface area contributed by atoms with Gasteiger partial charge in [0.05, 0.1) is 19.9 Å². The molecule has 2 N–H and O–H groups in total. The minimum atomic E-state index is 0.510. The fourth-order valence-corrected chi connectivity index (χ4v) is 1.78. The number of nitrogens with zero attached hydrogens (tertiary/aromatic N) is 1. The van der Waals surface area contributed by atoms with E-state index >= 15 is 0 Å². The van der Waals surface area contributed by atoms with Crippen molar-refractivity contribution in [1.29, 1.82) is 0 Å². The molecule has 0 bridgehead atoms. The number of ether oxygens (including phenoxy) is 1. The SMILES string of the molecule is COc1ccc(N(C)Cc2cc(CN)co2)cc1. The van der Waals surface area contributed by atoms with Gasteiger partial charge in [-0.3, -0.25) is 0 Å². The molecule has 0 radical (unpaired) electrons. The largest absolute Gasteiger partial charge is 0.497 e. The van der Waals surface area contributed by atoms with E-state index in [2.05, 4.69) is 4.90 Å². The Hall–Kier alpha value is -1.94. The fourth-order valence-electron chi connectivity index (χ4n) is 1.78. The van der Waals surface area contributed by atoms with Crippen LogP contribution >= 0.6 is 0 Å². The highest BCUT2D eigenvalue weighted by atomic mass is 16.5. The summed E-state index contributed by atoms with van der Waals surface area (Å²) >= 11 is 0. The minimum absolute atomic E-state index is 0.510. The first-order valence-corrected chi connectivity index (χ1v) is 5.84. The molecule has 0 fully saturated rings. The summed E-state index contributed by atoms with van der Waals surface area (Å²) in [5.41, 5.74) is 7.68. The van der Waals surface area contributed by atoms with Crippen molar-refractivity contribution < 1.29 is 9.15 Å². The van der Waals surface area contributed by atoms with E-state index in [1.807, 2.05) is 37.4 Å². The molecule has 0 amide bonds. The molecule has 0 atom stereocenters. The van der Waals surface area contributed by atoms with Gasteiger partial charge in [-0.05, 0) is 30.3 Å². The molecule has 0 spiro atoms. The van der Waals surface area contributed by atoms with Crippen molar-refractivity contribution in [2.24, 2.45) is 5.73 Å². The van der Waals surface area contributed by atoms with Gasteiger partial charge >= 0.3 is 0 Å². The summed E-state index contributed by atoms with van der Waals surface area (Å²) in [5, 5.41) is 0. The van der Waals surface area contributed by atoms with Crippen LogP contribution in [-0.4, -0.2) is 14.2 Å². The summed E-state index contributed by atoms with van der Waals surface area (Å²) < 4.78 is 10.6. The van der Waals surface area contributed by atoms with Gasteiger partial charge < -0.3 is 19.8 Å². The zero-order valence-electron chi connectivity index (χ0n) is 10.7. The minimum Gasteiger partial charge on any atom is -0.497 e. The molecule has 0 aliphatic rings. The van der Waals surface area contributed by atoms with Crippen LogP contribution in [0, 0.1) is 0 Å². The van der Waals surface area contributed by atoms with Crippen LogP contribution in [0.4, 0.5) is 5.69 Å². The van der Waals surface area contributed by atoms with Crippen molar-refractivity contribution in [3.8, 4) is 5.75 Å². The number of furan rings is 1. The smallest absolute Gasteiger partial charge is 0.123 e. The normalized spacial score (nSPS) is 10.4. The maximum Gasteiger partial charge on any atom is 0.123 e. The summed E-state index contributed by atoms with van der Waals surface area (Å²) in [5.74, 6) is 1.77. The molecule has 0 unspecified atom stereocenters. The molecule has 0 saturated heterocycles. The molecule has 1 aromatic carbocycles. The van der Waals surface area contributed by atoms with Crippen molar-refractivity contribution in [2.45, 2.75) is 13.1 Å². The number of nitrogens with two attached hydrogens (primary N) is 1. The number of rotatable bonds is 5. The van der Waals surface area contributed by atoms with E-state index in [4.69, 9.17) is 14.9 Å². The lowest BCUT2D eigenvalue weighted by atomic mass is 10.2. The summed E-state index contributed by atoms with van der Waals surface area (Å²) in [4.78, 5) is 2.11. The van der Waals surface area contributed by atoms with Gasteiger partial charge in [0.15, 0.2) is 0 Å². The molecule has 4 nitrogen and oxygen atoms in total. The Balaban J connectivity index is 2.03. The fraction of sp³-hybridized carbons (Fsp3) is 0.286. The highest BCUT2D eigenvalue weighted by Gasteiger charge is 2.06. The summed E-state index contributed by atoms with van der Waals surface area (Å²) in [6, 6.07) is 9.91. The summed E-state index contributed by atoms with van der Waals surface area (Å²) in [7, 11) is 3.68. The first-order valence-electron chi connectivity index (χ1n) is 5.84. The third kappa shape index (κ3) is 2.84. The monoisotopic (exact) mass is 246 g/mol. The molecule has 96 valence electrons. The van der Waals surface area contributed by atoms with Crippen molar-refractivity contribution in [3.63, 3.8) is 0 Å². The molecule has 18 heavy (non-hydrogen) atoms. The molecular weight excluding hydrogens is 228 g/mol. The van der Waals surface area contributed by atoms with Crippen LogP contribution in [0.2, 0.25) is 0 Å². The van der Waals surface area contributed by atoms with Crippen LogP contribution in [0.3, 0.4) is 0 Å². The molecule has 1 heterocycles. The Morgan fingerprint density at radius 1 is 1.28 bits per heavy atom. The number of benzene rings is 1. The van der Waals surface area contributed by atoms with Crippen molar-refractivity contribution in [1.82, 2.24) is 0 Å². The second kappa shape index (κ2) is 5.60. The molecular formula is C14H18N2O2. The Morgan fingerprint density at radius 3 is 2.56 bits per heavy atom. The summed E-state index contributed by atoms with van der Waals surface area (Å²) in [6.07, 6.45) is 1.71. The number of anilines is 1. The molecule has 0 saturated carbocycles. The Morgan fingerprint density at radius 2 is 2.00 bits per heavy atom. The van der Waals surface area contributed by atoms with Crippen LogP contribution in [0.1, 0.15) is 11.3 Å². The average molecular weight is 246 g/mol. The van der Waals surface area contributed by atoms with Crippen molar-refractivity contribution >= 4 is 5.69 Å². The van der Waals surface area contributed by atoms with Crippen LogP contribution in [0.25, 0.3) is 0 Å². The second-order valence-corrected chi connectivity index (χ2v) is 4.18. The van der Waals surface area contributed by atoms with Gasteiger partial charge in [-0.2, -0.15) is 0 Å². The maximum atomic E-state index is 5.55. The van der Waals surface area contributed by atoms with E-state index in [0.717, 1.165) is 22.8 Å². The lowest BCUT2D eigenvalue weighted by Crippen LogP contribution is -2.15. The molecule has 2 aromatic rings. The summed E-state index contributed by atoms with van der Waals surface area (Å²) in [6.45, 7) is 1.22. The maximum absolute atomic E-state index is 5.55. The van der Waals surface area contributed by atoms with E-state index < -0.39 is 0 Å². The third-order valence-corrected chi connectivity index (χ3v) is 2.85. The van der Waals surface area contributed by atoms with Crippen molar-refractivity contribution in [3.05, 3.63) is 47.9 Å². The lowest BCUT2D eigenvalue weighted by molar-refractivity contribution is 0.415. The number of hydrogen-bond donors (Lipinski definition) is 1. The van der Waals surface area contributed by atoms with Gasteiger partial charge in [0, 0.05) is 24.8 Å². The van der Waals surface area contributed by atoms with E-state index in [1.54, 1.807) is 13.4 Å². The Bertz CT molecular complexity index is 491. The van der Waals surface area contributed by atoms with Crippen molar-refractivity contribution in [2.75, 3.05) is 19.1 Å². The lowest BCUT2D eigenvalue weighted by Gasteiger charge is -2.18. The van der Waals surface area contributed by atoms with Crippen LogP contribution in [0.5, 0.6) is 5.75 Å². The Labute approximate surface area is 107 Å². The van der Waals surface area contributed by atoms with E-state index in [1.165, 1.54) is 0 Å². The molecule has 2 rings (SSSR count). The molecule has 0 aliphatic carbocycles. The van der Waals surface area contributed by atoms with Gasteiger partial charge in [-0.15, -0.1) is 0 Å². The van der Waals surface area contributed by atoms with Gasteiger partial charge in [-0.1, -0.05) is 0 Å². The molecule has 0 aliphatic heterocycles. The standard InChI is InChI=1S/C14H18N2O2/c1-16(9-14-7-11(8-15)10-18-14)12-3-5-13(17-2)6-4-12/h3-7,10H,8-9,15H2,1-2H3. The van der Waals surface area contributed by atoms with Crippen LogP contribution in [0.15, 0.2) is 41.0 Å². The quantitative estimate of drug-likeness (QED) is 0.880. The van der Waals surface area contributed by atoms with Gasteiger partial charge in [-0.25, -0.2) is 0 Å². The van der Waals surface area contributed by atoms with E-state index in [0.29, 0.717) is 13.1 Å². The van der Waals surface area contributed by atoms with Crippen LogP contribution in [-0.2, 0) is 13.1 Å².